The SMILES string of the molecule is O=C(N[C@@H](CO)c1ccc(S(=O)(=O)NC2CC2)cc1)c1ccc(N2C[C@@H](Oc3ccc(C(F)(F)F)cc3)C[C@H]2COC(F)F)cc1. The quantitative estimate of drug-likeness (QED) is 0.222. The van der Waals surface area contributed by atoms with Gasteiger partial charge in [-0.1, -0.05) is 12.1 Å². The molecule has 46 heavy (non-hydrogen) atoms. The molecule has 2 fully saturated rings. The molecule has 0 aromatic heterocycles. The molecule has 3 aromatic carbocycles. The molecule has 0 radical (unpaired) electrons. The summed E-state index contributed by atoms with van der Waals surface area (Å²) in [5.74, 6) is -0.315. The van der Waals surface area contributed by atoms with Gasteiger partial charge in [-0.3, -0.25) is 4.79 Å². The van der Waals surface area contributed by atoms with Crippen molar-refractivity contribution in [2.75, 3.05) is 24.7 Å². The molecule has 3 aromatic rings. The number of nitrogens with zero attached hydrogens (tertiary/aromatic N) is 1. The smallest absolute Gasteiger partial charge is 0.416 e. The number of anilines is 1. The number of aliphatic hydroxyl groups excluding tert-OH is 1. The maximum atomic E-state index is 13.0. The Hall–Kier alpha value is -3.79. The molecular formula is C31H32F5N3O6S. The second-order valence-electron chi connectivity index (χ2n) is 11.1. The number of hydrogen-bond donors (Lipinski definition) is 3. The number of benzene rings is 3. The lowest BCUT2D eigenvalue weighted by Crippen LogP contribution is -2.34. The summed E-state index contributed by atoms with van der Waals surface area (Å²) in [6.07, 6.45) is -3.19. The Bertz CT molecular complexity index is 1580. The number of halogens is 5. The van der Waals surface area contributed by atoms with Crippen molar-refractivity contribution >= 4 is 21.6 Å². The molecule has 1 saturated heterocycles. The number of aliphatic hydroxyl groups is 1. The van der Waals surface area contributed by atoms with Gasteiger partial charge in [-0.25, -0.2) is 13.1 Å². The van der Waals surface area contributed by atoms with Crippen LogP contribution in [0.1, 0.15) is 46.8 Å². The van der Waals surface area contributed by atoms with E-state index in [1.807, 2.05) is 0 Å². The predicted molar refractivity (Wildman–Crippen MR) is 157 cm³/mol. The van der Waals surface area contributed by atoms with E-state index in [0.717, 1.165) is 25.0 Å². The summed E-state index contributed by atoms with van der Waals surface area (Å²) in [5.41, 5.74) is 0.492. The summed E-state index contributed by atoms with van der Waals surface area (Å²) in [4.78, 5) is 14.9. The normalized spacial score (nSPS) is 19.3. The lowest BCUT2D eigenvalue weighted by atomic mass is 10.1. The molecule has 5 rings (SSSR count). The van der Waals surface area contributed by atoms with E-state index in [-0.39, 0.29) is 41.8 Å². The third-order valence-electron chi connectivity index (χ3n) is 7.72. The van der Waals surface area contributed by atoms with Crippen LogP contribution in [0.5, 0.6) is 5.75 Å². The summed E-state index contributed by atoms with van der Waals surface area (Å²) in [6, 6.07) is 14.9. The molecule has 0 unspecified atom stereocenters. The highest BCUT2D eigenvalue weighted by Crippen LogP contribution is 2.33. The van der Waals surface area contributed by atoms with Crippen LogP contribution in [0.4, 0.5) is 27.6 Å². The van der Waals surface area contributed by atoms with Crippen LogP contribution in [0.25, 0.3) is 0 Å². The molecule has 1 aliphatic carbocycles. The van der Waals surface area contributed by atoms with Crippen molar-refractivity contribution < 1.29 is 49.7 Å². The van der Waals surface area contributed by atoms with Gasteiger partial charge in [0.2, 0.25) is 10.0 Å². The fraction of sp³-hybridized carbons (Fsp3) is 0.387. The Kier molecular flexibility index (Phi) is 10.2. The minimum atomic E-state index is -4.49. The standard InChI is InChI=1S/C31H32F5N3O6S/c32-30(33)44-18-24-15-26(45-25-11-5-21(6-12-25)31(34,35)36)16-39(24)23-9-1-20(2-10-23)29(41)37-28(17-40)19-3-13-27(14-4-19)46(42,43)38-22-7-8-22/h1-6,9-14,22,24,26,28,30,38,40H,7-8,15-18H2,(H,37,41)/t24-,26-,28-/m0/s1. The number of amides is 1. The van der Waals surface area contributed by atoms with E-state index in [4.69, 9.17) is 4.74 Å². The second kappa shape index (κ2) is 13.9. The van der Waals surface area contributed by atoms with Crippen molar-refractivity contribution in [3.8, 4) is 5.75 Å². The van der Waals surface area contributed by atoms with Gasteiger partial charge in [0.1, 0.15) is 11.9 Å². The molecule has 1 saturated carbocycles. The van der Waals surface area contributed by atoms with Crippen molar-refractivity contribution in [3.63, 3.8) is 0 Å². The summed E-state index contributed by atoms with van der Waals surface area (Å²) < 4.78 is 102. The van der Waals surface area contributed by atoms with E-state index in [9.17, 15) is 40.3 Å². The fourth-order valence-corrected chi connectivity index (χ4v) is 6.49. The number of nitrogens with one attached hydrogen (secondary N) is 2. The average molecular weight is 670 g/mol. The van der Waals surface area contributed by atoms with E-state index in [1.54, 1.807) is 17.0 Å². The molecule has 1 heterocycles. The zero-order valence-electron chi connectivity index (χ0n) is 24.3. The Morgan fingerprint density at radius 3 is 2.20 bits per heavy atom. The van der Waals surface area contributed by atoms with Crippen LogP contribution in [0, 0.1) is 0 Å². The largest absolute Gasteiger partial charge is 0.489 e. The third kappa shape index (κ3) is 8.51. The number of carbonyl (C=O) groups excluding carboxylic acids is 1. The lowest BCUT2D eigenvalue weighted by Gasteiger charge is -2.26. The van der Waals surface area contributed by atoms with E-state index < -0.39 is 59.1 Å². The first-order chi connectivity index (χ1) is 21.8. The van der Waals surface area contributed by atoms with Crippen LogP contribution in [0.15, 0.2) is 77.7 Å². The van der Waals surface area contributed by atoms with Gasteiger partial charge in [0, 0.05) is 23.7 Å². The first-order valence-corrected chi connectivity index (χ1v) is 15.9. The van der Waals surface area contributed by atoms with Crippen molar-refractivity contribution in [1.29, 1.82) is 0 Å². The number of hydrogen-bond acceptors (Lipinski definition) is 7. The molecule has 3 atom stereocenters. The zero-order chi connectivity index (χ0) is 33.1. The minimum Gasteiger partial charge on any atom is -0.489 e. The number of carbonyl (C=O) groups is 1. The summed E-state index contributed by atoms with van der Waals surface area (Å²) in [7, 11) is -3.66. The van der Waals surface area contributed by atoms with Gasteiger partial charge in [0.25, 0.3) is 5.91 Å². The van der Waals surface area contributed by atoms with E-state index >= 15 is 0 Å². The Morgan fingerprint density at radius 2 is 1.63 bits per heavy atom. The van der Waals surface area contributed by atoms with Gasteiger partial charge < -0.3 is 24.8 Å². The van der Waals surface area contributed by atoms with Gasteiger partial charge >= 0.3 is 12.8 Å². The molecule has 1 aliphatic heterocycles. The molecule has 3 N–H and O–H groups in total. The second-order valence-corrected chi connectivity index (χ2v) is 12.8. The highest BCUT2D eigenvalue weighted by atomic mass is 32.2. The number of ether oxygens (including phenoxy) is 2. The van der Waals surface area contributed by atoms with Crippen LogP contribution in [0.3, 0.4) is 0 Å². The molecule has 0 spiro atoms. The van der Waals surface area contributed by atoms with Crippen LogP contribution < -0.4 is 19.7 Å². The van der Waals surface area contributed by atoms with Gasteiger partial charge in [-0.05, 0) is 79.1 Å². The van der Waals surface area contributed by atoms with E-state index in [0.29, 0.717) is 11.3 Å². The summed E-state index contributed by atoms with van der Waals surface area (Å²) in [6.45, 7) is -3.56. The van der Waals surface area contributed by atoms with Crippen LogP contribution in [0.2, 0.25) is 0 Å². The lowest BCUT2D eigenvalue weighted by molar-refractivity contribution is -0.137. The van der Waals surface area contributed by atoms with Crippen LogP contribution in [-0.2, 0) is 20.9 Å². The first kappa shape index (κ1) is 33.6. The van der Waals surface area contributed by atoms with Gasteiger partial charge in [0.05, 0.1) is 42.3 Å². The van der Waals surface area contributed by atoms with Crippen molar-refractivity contribution in [3.05, 3.63) is 89.5 Å². The monoisotopic (exact) mass is 669 g/mol. The molecule has 9 nitrogen and oxygen atoms in total. The fourth-order valence-electron chi connectivity index (χ4n) is 5.18. The minimum absolute atomic E-state index is 0.0506. The Balaban J connectivity index is 1.23. The maximum absolute atomic E-state index is 13.0. The van der Waals surface area contributed by atoms with E-state index in [2.05, 4.69) is 14.8 Å². The van der Waals surface area contributed by atoms with Crippen molar-refractivity contribution in [2.45, 2.75) is 61.2 Å². The molecular weight excluding hydrogens is 637 g/mol. The first-order valence-electron chi connectivity index (χ1n) is 14.5. The molecule has 0 bridgehead atoms. The van der Waals surface area contributed by atoms with Crippen molar-refractivity contribution in [1.82, 2.24) is 10.0 Å². The third-order valence-corrected chi connectivity index (χ3v) is 9.25. The van der Waals surface area contributed by atoms with Gasteiger partial charge in [0.15, 0.2) is 0 Å². The Labute approximate surface area is 262 Å². The molecule has 248 valence electrons. The highest BCUT2D eigenvalue weighted by Gasteiger charge is 2.35. The number of alkyl halides is 5. The zero-order valence-corrected chi connectivity index (χ0v) is 25.1. The van der Waals surface area contributed by atoms with Crippen LogP contribution >= 0.6 is 0 Å². The van der Waals surface area contributed by atoms with Gasteiger partial charge in [-0.15, -0.1) is 0 Å². The average Bonchev–Trinajstić information content (AvgIpc) is 3.74. The molecule has 1 amide bonds. The maximum Gasteiger partial charge on any atom is 0.416 e. The highest BCUT2D eigenvalue weighted by molar-refractivity contribution is 7.89. The summed E-state index contributed by atoms with van der Waals surface area (Å²) >= 11 is 0. The number of sulfonamides is 1. The predicted octanol–water partition coefficient (Wildman–Crippen LogP) is 4.88. The topological polar surface area (TPSA) is 117 Å². The van der Waals surface area contributed by atoms with Gasteiger partial charge in [-0.2, -0.15) is 22.0 Å². The molecule has 2 aliphatic rings. The van der Waals surface area contributed by atoms with E-state index in [1.165, 1.54) is 48.5 Å². The van der Waals surface area contributed by atoms with Crippen LogP contribution in [-0.4, -0.2) is 64.0 Å². The summed E-state index contributed by atoms with van der Waals surface area (Å²) in [5, 5.41) is 12.7. The van der Waals surface area contributed by atoms with Crippen molar-refractivity contribution in [2.24, 2.45) is 0 Å². The number of rotatable bonds is 13. The molecule has 15 heteroatoms. The Morgan fingerprint density at radius 1 is 0.978 bits per heavy atom.